The van der Waals surface area contributed by atoms with Gasteiger partial charge in [0.1, 0.15) is 0 Å². The van der Waals surface area contributed by atoms with E-state index in [9.17, 15) is 18.0 Å². The fraction of sp³-hybridized carbons (Fsp3) is 0.500. The number of halogens is 4. The van der Waals surface area contributed by atoms with Crippen LogP contribution in [0.4, 0.5) is 18.9 Å². The van der Waals surface area contributed by atoms with E-state index < -0.39 is 17.8 Å². The zero-order valence-electron chi connectivity index (χ0n) is 11.5. The van der Waals surface area contributed by atoms with Crippen LogP contribution in [0.2, 0.25) is 5.02 Å². The molecule has 1 N–H and O–H groups in total. The van der Waals surface area contributed by atoms with Gasteiger partial charge in [0.25, 0.3) is 0 Å². The smallest absolute Gasteiger partial charge is 0.310 e. The number of nitrogens with one attached hydrogen (secondary N) is 1. The van der Waals surface area contributed by atoms with Crippen molar-refractivity contribution in [1.82, 2.24) is 5.32 Å². The Morgan fingerprint density at radius 3 is 2.76 bits per heavy atom. The van der Waals surface area contributed by atoms with Gasteiger partial charge in [-0.1, -0.05) is 18.5 Å². The van der Waals surface area contributed by atoms with Gasteiger partial charge >= 0.3 is 6.18 Å². The molecule has 1 aliphatic rings. The van der Waals surface area contributed by atoms with Crippen molar-refractivity contribution >= 4 is 23.2 Å². The molecule has 1 fully saturated rings. The normalized spacial score (nSPS) is 19.4. The third kappa shape index (κ3) is 3.49. The molecule has 1 unspecified atom stereocenters. The number of anilines is 1. The van der Waals surface area contributed by atoms with Gasteiger partial charge in [-0.25, -0.2) is 0 Å². The number of benzene rings is 1. The number of amides is 1. The van der Waals surface area contributed by atoms with E-state index in [1.54, 1.807) is 0 Å². The van der Waals surface area contributed by atoms with E-state index in [1.165, 1.54) is 17.0 Å². The second-order valence-electron chi connectivity index (χ2n) is 4.94. The molecule has 0 aliphatic carbocycles. The highest BCUT2D eigenvalue weighted by Crippen LogP contribution is 2.39. The molecule has 1 aromatic rings. The Hall–Kier alpha value is -1.27. The van der Waals surface area contributed by atoms with Gasteiger partial charge in [0.15, 0.2) is 0 Å². The Balaban J connectivity index is 2.29. The van der Waals surface area contributed by atoms with Crippen LogP contribution < -0.4 is 10.2 Å². The second-order valence-corrected chi connectivity index (χ2v) is 5.38. The zero-order chi connectivity index (χ0) is 15.6. The summed E-state index contributed by atoms with van der Waals surface area (Å²) >= 11 is 5.65. The number of hydrogen-bond acceptors (Lipinski definition) is 2. The standard InChI is InChI=1S/C14H16ClF3N2O/c1-2-6-19-11-5-7-20(13(11)21)12-4-3-9(15)8-10(12)14(16,17)18/h3-4,8,11,19H,2,5-7H2,1H3. The third-order valence-electron chi connectivity index (χ3n) is 3.40. The highest BCUT2D eigenvalue weighted by Gasteiger charge is 2.39. The van der Waals surface area contributed by atoms with E-state index in [2.05, 4.69) is 5.32 Å². The first-order valence-electron chi connectivity index (χ1n) is 6.76. The van der Waals surface area contributed by atoms with E-state index >= 15 is 0 Å². The first kappa shape index (κ1) is 16.1. The van der Waals surface area contributed by atoms with E-state index in [1.807, 2.05) is 6.92 Å². The molecule has 0 aromatic heterocycles. The summed E-state index contributed by atoms with van der Waals surface area (Å²) < 4.78 is 39.3. The lowest BCUT2D eigenvalue weighted by Gasteiger charge is -2.22. The first-order valence-corrected chi connectivity index (χ1v) is 7.14. The monoisotopic (exact) mass is 320 g/mol. The fourth-order valence-corrected chi connectivity index (χ4v) is 2.57. The van der Waals surface area contributed by atoms with Gasteiger partial charge in [0.05, 0.1) is 17.3 Å². The topological polar surface area (TPSA) is 32.3 Å². The van der Waals surface area contributed by atoms with Crippen molar-refractivity contribution in [1.29, 1.82) is 0 Å². The van der Waals surface area contributed by atoms with Gasteiger partial charge in [-0.15, -0.1) is 0 Å². The number of rotatable bonds is 4. The minimum Gasteiger partial charge on any atom is -0.310 e. The van der Waals surface area contributed by atoms with Crippen molar-refractivity contribution in [3.05, 3.63) is 28.8 Å². The van der Waals surface area contributed by atoms with E-state index in [-0.39, 0.29) is 23.2 Å². The Morgan fingerprint density at radius 1 is 1.43 bits per heavy atom. The molecule has 0 radical (unpaired) electrons. The van der Waals surface area contributed by atoms with Crippen molar-refractivity contribution in [2.24, 2.45) is 0 Å². The molecule has 1 amide bonds. The van der Waals surface area contributed by atoms with Gasteiger partial charge in [0, 0.05) is 11.6 Å². The van der Waals surface area contributed by atoms with Crippen LogP contribution in [0.25, 0.3) is 0 Å². The zero-order valence-corrected chi connectivity index (χ0v) is 12.3. The predicted octanol–water partition coefficient (Wildman–Crippen LogP) is 3.46. The Morgan fingerprint density at radius 2 is 2.14 bits per heavy atom. The summed E-state index contributed by atoms with van der Waals surface area (Å²) in [4.78, 5) is 13.4. The van der Waals surface area contributed by atoms with Crippen LogP contribution in [-0.2, 0) is 11.0 Å². The molecule has 0 saturated carbocycles. The maximum absolute atomic E-state index is 13.1. The van der Waals surface area contributed by atoms with E-state index in [0.29, 0.717) is 13.0 Å². The predicted molar refractivity (Wildman–Crippen MR) is 75.5 cm³/mol. The molecule has 1 saturated heterocycles. The molecule has 0 spiro atoms. The highest BCUT2D eigenvalue weighted by atomic mass is 35.5. The number of alkyl halides is 3. The van der Waals surface area contributed by atoms with Gasteiger partial charge in [-0.3, -0.25) is 4.79 Å². The van der Waals surface area contributed by atoms with Crippen LogP contribution in [0.3, 0.4) is 0 Å². The number of carbonyl (C=O) groups is 1. The first-order chi connectivity index (χ1) is 9.84. The second kappa shape index (κ2) is 6.23. The molecule has 7 heteroatoms. The Labute approximate surface area is 126 Å². The average Bonchev–Trinajstić information content (AvgIpc) is 2.77. The van der Waals surface area contributed by atoms with E-state index in [0.717, 1.165) is 12.5 Å². The van der Waals surface area contributed by atoms with Crippen LogP contribution in [0, 0.1) is 0 Å². The molecule has 1 aliphatic heterocycles. The van der Waals surface area contributed by atoms with E-state index in [4.69, 9.17) is 11.6 Å². The summed E-state index contributed by atoms with van der Waals surface area (Å²) in [6.07, 6.45) is -3.19. The fourth-order valence-electron chi connectivity index (χ4n) is 2.40. The van der Waals surface area contributed by atoms with Crippen molar-refractivity contribution in [3.63, 3.8) is 0 Å². The lowest BCUT2D eigenvalue weighted by atomic mass is 10.1. The van der Waals surface area contributed by atoms with Crippen LogP contribution >= 0.6 is 11.6 Å². The molecule has 116 valence electrons. The van der Waals surface area contributed by atoms with Gasteiger partial charge in [0.2, 0.25) is 5.91 Å². The van der Waals surface area contributed by atoms with Crippen LogP contribution in [0.1, 0.15) is 25.3 Å². The van der Waals surface area contributed by atoms with Gasteiger partial charge < -0.3 is 10.2 Å². The minimum absolute atomic E-state index is 0.00150. The molecule has 1 atom stereocenters. The van der Waals surface area contributed by atoms with Crippen LogP contribution in [-0.4, -0.2) is 25.0 Å². The van der Waals surface area contributed by atoms with Crippen molar-refractivity contribution in [2.45, 2.75) is 32.0 Å². The number of hydrogen-bond donors (Lipinski definition) is 1. The number of carbonyl (C=O) groups excluding carboxylic acids is 1. The lowest BCUT2D eigenvalue weighted by molar-refractivity contribution is -0.137. The maximum atomic E-state index is 13.1. The largest absolute Gasteiger partial charge is 0.418 e. The summed E-state index contributed by atoms with van der Waals surface area (Å²) in [5.41, 5.74) is -1.00. The quantitative estimate of drug-likeness (QED) is 0.921. The number of nitrogens with zero attached hydrogens (tertiary/aromatic N) is 1. The van der Waals surface area contributed by atoms with Gasteiger partial charge in [-0.05, 0) is 37.6 Å². The van der Waals surface area contributed by atoms with Crippen molar-refractivity contribution < 1.29 is 18.0 Å². The summed E-state index contributed by atoms with van der Waals surface area (Å²) in [7, 11) is 0. The Kier molecular flexibility index (Phi) is 4.78. The summed E-state index contributed by atoms with van der Waals surface area (Å²) in [6, 6.07) is 3.07. The average molecular weight is 321 g/mol. The molecule has 21 heavy (non-hydrogen) atoms. The van der Waals surface area contributed by atoms with Gasteiger partial charge in [-0.2, -0.15) is 13.2 Å². The minimum atomic E-state index is -4.55. The molecule has 1 aromatic carbocycles. The van der Waals surface area contributed by atoms with Crippen molar-refractivity contribution in [3.8, 4) is 0 Å². The summed E-state index contributed by atoms with van der Waals surface area (Å²) in [5, 5.41) is 3.05. The van der Waals surface area contributed by atoms with Crippen LogP contribution in [0.15, 0.2) is 18.2 Å². The summed E-state index contributed by atoms with van der Waals surface area (Å²) in [6.45, 7) is 2.90. The molecule has 1 heterocycles. The maximum Gasteiger partial charge on any atom is 0.418 e. The molecule has 3 nitrogen and oxygen atoms in total. The molecule has 2 rings (SSSR count). The van der Waals surface area contributed by atoms with Crippen LogP contribution in [0.5, 0.6) is 0 Å². The SMILES string of the molecule is CCCNC1CCN(c2ccc(Cl)cc2C(F)(F)F)C1=O. The molecular formula is C14H16ClF3N2O. The van der Waals surface area contributed by atoms with Crippen molar-refractivity contribution in [2.75, 3.05) is 18.0 Å². The Bertz CT molecular complexity index is 533. The highest BCUT2D eigenvalue weighted by molar-refractivity contribution is 6.30. The lowest BCUT2D eigenvalue weighted by Crippen LogP contribution is -2.39. The summed E-state index contributed by atoms with van der Waals surface area (Å²) in [5.74, 6) is -0.323. The molecule has 0 bridgehead atoms. The molecular weight excluding hydrogens is 305 g/mol. The third-order valence-corrected chi connectivity index (χ3v) is 3.64.